The largest absolute Gasteiger partial charge is 0.0836 e. The third-order valence-corrected chi connectivity index (χ3v) is 6.07. The standard InChI is InChI=1S/C16H21Br/c1-10-3-4-11(2)14(7-10)16(17)15-9-12-5-6-13(15)8-12/h3-4,7,12-13,15-16H,5-6,8-9H2,1-2H3. The molecule has 17 heavy (non-hydrogen) atoms. The lowest BCUT2D eigenvalue weighted by molar-refractivity contribution is 0.329. The lowest BCUT2D eigenvalue weighted by atomic mass is 9.83. The SMILES string of the molecule is Cc1ccc(C)c(C(Br)C2CC3CCC2C3)c1. The second kappa shape index (κ2) is 4.42. The summed E-state index contributed by atoms with van der Waals surface area (Å²) < 4.78 is 0. The van der Waals surface area contributed by atoms with Crippen LogP contribution >= 0.6 is 15.9 Å². The molecule has 0 radical (unpaired) electrons. The molecule has 0 heterocycles. The van der Waals surface area contributed by atoms with E-state index in [0.29, 0.717) is 4.83 Å². The molecule has 0 aliphatic heterocycles. The molecule has 1 aromatic carbocycles. The van der Waals surface area contributed by atoms with Gasteiger partial charge in [0.05, 0.1) is 0 Å². The Kier molecular flexibility index (Phi) is 3.06. The smallest absolute Gasteiger partial charge is 0.0428 e. The van der Waals surface area contributed by atoms with Gasteiger partial charge in [-0.1, -0.05) is 46.1 Å². The summed E-state index contributed by atoms with van der Waals surface area (Å²) in [6.07, 6.45) is 5.92. The van der Waals surface area contributed by atoms with Crippen molar-refractivity contribution in [2.24, 2.45) is 17.8 Å². The number of fused-ring (bicyclic) bond motifs is 2. The normalized spacial score (nSPS) is 33.0. The number of benzene rings is 1. The first-order valence-corrected chi connectivity index (χ1v) is 7.78. The van der Waals surface area contributed by atoms with Crippen molar-refractivity contribution in [2.75, 3.05) is 0 Å². The summed E-state index contributed by atoms with van der Waals surface area (Å²) in [5, 5.41) is 0. The van der Waals surface area contributed by atoms with E-state index >= 15 is 0 Å². The molecule has 1 heteroatoms. The minimum absolute atomic E-state index is 0.581. The molecule has 0 amide bonds. The maximum Gasteiger partial charge on any atom is 0.0428 e. The van der Waals surface area contributed by atoms with Crippen LogP contribution in [0.3, 0.4) is 0 Å². The van der Waals surface area contributed by atoms with Crippen molar-refractivity contribution < 1.29 is 0 Å². The van der Waals surface area contributed by atoms with Crippen molar-refractivity contribution in [2.45, 2.75) is 44.4 Å². The van der Waals surface area contributed by atoms with Crippen LogP contribution in [0.5, 0.6) is 0 Å². The van der Waals surface area contributed by atoms with Gasteiger partial charge >= 0.3 is 0 Å². The monoisotopic (exact) mass is 292 g/mol. The fourth-order valence-corrected chi connectivity index (χ4v) is 5.08. The van der Waals surface area contributed by atoms with Gasteiger partial charge in [0.1, 0.15) is 0 Å². The third kappa shape index (κ3) is 2.07. The number of rotatable bonds is 2. The molecule has 1 aromatic rings. The summed E-state index contributed by atoms with van der Waals surface area (Å²) in [6, 6.07) is 6.87. The van der Waals surface area contributed by atoms with E-state index in [9.17, 15) is 0 Å². The van der Waals surface area contributed by atoms with Crippen LogP contribution in [0, 0.1) is 31.6 Å². The van der Waals surface area contributed by atoms with Gasteiger partial charge in [-0.2, -0.15) is 0 Å². The molecule has 4 unspecified atom stereocenters. The van der Waals surface area contributed by atoms with Crippen molar-refractivity contribution in [3.63, 3.8) is 0 Å². The Balaban J connectivity index is 1.86. The number of hydrogen-bond acceptors (Lipinski definition) is 0. The van der Waals surface area contributed by atoms with Crippen LogP contribution in [-0.2, 0) is 0 Å². The second-order valence-corrected chi connectivity index (χ2v) is 7.09. The molecular formula is C16H21Br. The van der Waals surface area contributed by atoms with Crippen LogP contribution in [0.25, 0.3) is 0 Å². The molecule has 2 fully saturated rings. The predicted molar refractivity (Wildman–Crippen MR) is 76.5 cm³/mol. The summed E-state index contributed by atoms with van der Waals surface area (Å²) in [4.78, 5) is 0.581. The fraction of sp³-hybridized carbons (Fsp3) is 0.625. The quantitative estimate of drug-likeness (QED) is 0.659. The Morgan fingerprint density at radius 2 is 2.00 bits per heavy atom. The average molecular weight is 293 g/mol. The van der Waals surface area contributed by atoms with E-state index in [0.717, 1.165) is 17.8 Å². The van der Waals surface area contributed by atoms with E-state index in [4.69, 9.17) is 0 Å². The molecular weight excluding hydrogens is 272 g/mol. The first kappa shape index (κ1) is 11.8. The number of aryl methyl sites for hydroxylation is 2. The Morgan fingerprint density at radius 1 is 1.18 bits per heavy atom. The van der Waals surface area contributed by atoms with Gasteiger partial charge < -0.3 is 0 Å². The van der Waals surface area contributed by atoms with Gasteiger partial charge in [-0.3, -0.25) is 0 Å². The maximum absolute atomic E-state index is 4.00. The van der Waals surface area contributed by atoms with Gasteiger partial charge in [0, 0.05) is 4.83 Å². The number of alkyl halides is 1. The molecule has 0 spiro atoms. The molecule has 0 aromatic heterocycles. The van der Waals surface area contributed by atoms with Crippen LogP contribution < -0.4 is 0 Å². The van der Waals surface area contributed by atoms with E-state index in [2.05, 4.69) is 48.0 Å². The maximum atomic E-state index is 4.00. The fourth-order valence-electron chi connectivity index (χ4n) is 3.94. The van der Waals surface area contributed by atoms with E-state index in [-0.39, 0.29) is 0 Å². The van der Waals surface area contributed by atoms with E-state index in [1.165, 1.54) is 42.4 Å². The van der Waals surface area contributed by atoms with Crippen molar-refractivity contribution >= 4 is 15.9 Å². The molecule has 92 valence electrons. The third-order valence-electron chi connectivity index (χ3n) is 4.90. The highest BCUT2D eigenvalue weighted by Gasteiger charge is 2.42. The van der Waals surface area contributed by atoms with Gasteiger partial charge in [0.25, 0.3) is 0 Å². The number of halogens is 1. The van der Waals surface area contributed by atoms with Gasteiger partial charge in [-0.05, 0) is 62.0 Å². The van der Waals surface area contributed by atoms with Gasteiger partial charge in [-0.15, -0.1) is 0 Å². The molecule has 0 N–H and O–H groups in total. The minimum Gasteiger partial charge on any atom is -0.0836 e. The molecule has 0 nitrogen and oxygen atoms in total. The zero-order valence-electron chi connectivity index (χ0n) is 10.7. The lowest BCUT2D eigenvalue weighted by Crippen LogP contribution is -2.16. The van der Waals surface area contributed by atoms with Crippen molar-refractivity contribution in [3.05, 3.63) is 34.9 Å². The zero-order valence-corrected chi connectivity index (χ0v) is 12.3. The van der Waals surface area contributed by atoms with E-state index in [1.54, 1.807) is 0 Å². The Morgan fingerprint density at radius 3 is 2.65 bits per heavy atom. The van der Waals surface area contributed by atoms with Crippen LogP contribution in [0.1, 0.15) is 47.2 Å². The summed E-state index contributed by atoms with van der Waals surface area (Å²) in [5.41, 5.74) is 4.36. The molecule has 4 atom stereocenters. The summed E-state index contributed by atoms with van der Waals surface area (Å²) in [5.74, 6) is 2.91. The molecule has 2 aliphatic carbocycles. The minimum atomic E-state index is 0.581. The predicted octanol–water partition coefficient (Wildman–Crippen LogP) is 5.18. The van der Waals surface area contributed by atoms with Crippen LogP contribution in [0.4, 0.5) is 0 Å². The van der Waals surface area contributed by atoms with Gasteiger partial charge in [0.15, 0.2) is 0 Å². The second-order valence-electron chi connectivity index (χ2n) is 6.10. The molecule has 2 bridgehead atoms. The zero-order chi connectivity index (χ0) is 12.0. The highest BCUT2D eigenvalue weighted by atomic mass is 79.9. The number of hydrogen-bond donors (Lipinski definition) is 0. The van der Waals surface area contributed by atoms with E-state index in [1.807, 2.05) is 0 Å². The molecule has 3 rings (SSSR count). The van der Waals surface area contributed by atoms with Crippen molar-refractivity contribution in [1.82, 2.24) is 0 Å². The van der Waals surface area contributed by atoms with Crippen LogP contribution in [0.2, 0.25) is 0 Å². The summed E-state index contributed by atoms with van der Waals surface area (Å²) >= 11 is 4.00. The summed E-state index contributed by atoms with van der Waals surface area (Å²) in [6.45, 7) is 4.44. The van der Waals surface area contributed by atoms with Crippen LogP contribution in [-0.4, -0.2) is 0 Å². The van der Waals surface area contributed by atoms with Crippen molar-refractivity contribution in [3.8, 4) is 0 Å². The average Bonchev–Trinajstić information content (AvgIpc) is 2.93. The highest BCUT2D eigenvalue weighted by molar-refractivity contribution is 9.09. The van der Waals surface area contributed by atoms with E-state index < -0.39 is 0 Å². The Labute approximate surface area is 113 Å². The topological polar surface area (TPSA) is 0 Å². The van der Waals surface area contributed by atoms with Crippen molar-refractivity contribution in [1.29, 1.82) is 0 Å². The lowest BCUT2D eigenvalue weighted by Gasteiger charge is -2.28. The first-order valence-electron chi connectivity index (χ1n) is 6.86. The van der Waals surface area contributed by atoms with Gasteiger partial charge in [0.2, 0.25) is 0 Å². The van der Waals surface area contributed by atoms with Crippen LogP contribution in [0.15, 0.2) is 18.2 Å². The molecule has 2 saturated carbocycles. The Bertz CT molecular complexity index is 424. The summed E-state index contributed by atoms with van der Waals surface area (Å²) in [7, 11) is 0. The molecule has 2 aliphatic rings. The first-order chi connectivity index (χ1) is 8.15. The highest BCUT2D eigenvalue weighted by Crippen LogP contribution is 2.55. The Hall–Kier alpha value is -0.300. The molecule has 0 saturated heterocycles. The van der Waals surface area contributed by atoms with Gasteiger partial charge in [-0.25, -0.2) is 0 Å².